The van der Waals surface area contributed by atoms with Gasteiger partial charge in [-0.05, 0) is 39.2 Å². The fraction of sp³-hybridized carbons (Fsp3) is 0.733. The molecule has 1 N–H and O–H groups in total. The van der Waals surface area contributed by atoms with Crippen molar-refractivity contribution in [3.8, 4) is 0 Å². The van der Waals surface area contributed by atoms with Crippen molar-refractivity contribution in [1.82, 2.24) is 20.0 Å². The highest BCUT2D eigenvalue weighted by Gasteiger charge is 2.29. The lowest BCUT2D eigenvalue weighted by molar-refractivity contribution is 0.0288. The molecule has 1 saturated heterocycles. The lowest BCUT2D eigenvalue weighted by Gasteiger charge is -2.24. The van der Waals surface area contributed by atoms with Gasteiger partial charge in [-0.25, -0.2) is 4.79 Å². The van der Waals surface area contributed by atoms with Crippen LogP contribution < -0.4 is 5.32 Å². The number of carbonyl (C=O) groups is 1. The van der Waals surface area contributed by atoms with Crippen LogP contribution in [-0.2, 0) is 18.3 Å². The van der Waals surface area contributed by atoms with Crippen LogP contribution in [0.25, 0.3) is 0 Å². The van der Waals surface area contributed by atoms with E-state index in [1.807, 2.05) is 43.5 Å². The van der Waals surface area contributed by atoms with Crippen LogP contribution in [0.1, 0.15) is 32.9 Å². The average molecular weight is 294 g/mol. The molecule has 1 fully saturated rings. The normalized spacial score (nSPS) is 19.0. The Bertz CT molecular complexity index is 478. The van der Waals surface area contributed by atoms with Gasteiger partial charge in [0.25, 0.3) is 0 Å². The molecule has 0 aromatic carbocycles. The van der Waals surface area contributed by atoms with Crippen molar-refractivity contribution in [2.75, 3.05) is 19.6 Å². The van der Waals surface area contributed by atoms with Gasteiger partial charge < -0.3 is 15.0 Å². The summed E-state index contributed by atoms with van der Waals surface area (Å²) in [6, 6.07) is 2.01. The predicted molar refractivity (Wildman–Crippen MR) is 80.8 cm³/mol. The molecule has 0 bridgehead atoms. The number of rotatable bonds is 4. The number of nitrogens with one attached hydrogen (secondary N) is 1. The van der Waals surface area contributed by atoms with Crippen LogP contribution in [-0.4, -0.2) is 46.0 Å². The Labute approximate surface area is 126 Å². The number of ether oxygens (including phenoxy) is 1. The van der Waals surface area contributed by atoms with Crippen molar-refractivity contribution in [2.24, 2.45) is 13.0 Å². The van der Waals surface area contributed by atoms with Crippen molar-refractivity contribution in [3.05, 3.63) is 18.0 Å². The average Bonchev–Trinajstić information content (AvgIpc) is 2.97. The second kappa shape index (κ2) is 6.47. The van der Waals surface area contributed by atoms with E-state index < -0.39 is 5.60 Å². The highest BCUT2D eigenvalue weighted by atomic mass is 16.6. The minimum Gasteiger partial charge on any atom is -0.444 e. The Kier molecular flexibility index (Phi) is 4.88. The summed E-state index contributed by atoms with van der Waals surface area (Å²) in [5.41, 5.74) is 0.740. The van der Waals surface area contributed by atoms with E-state index >= 15 is 0 Å². The molecule has 1 unspecified atom stereocenters. The molecule has 0 radical (unpaired) electrons. The molecular weight excluding hydrogens is 268 g/mol. The van der Waals surface area contributed by atoms with Crippen LogP contribution in [0.15, 0.2) is 12.3 Å². The second-order valence-electron chi connectivity index (χ2n) is 6.66. The van der Waals surface area contributed by atoms with Gasteiger partial charge in [0.05, 0.1) is 5.69 Å². The molecule has 21 heavy (non-hydrogen) atoms. The van der Waals surface area contributed by atoms with Crippen molar-refractivity contribution >= 4 is 6.09 Å². The molecule has 118 valence electrons. The number of amides is 1. The number of aryl methyl sites for hydroxylation is 1. The third-order valence-corrected chi connectivity index (χ3v) is 3.60. The Morgan fingerprint density at radius 1 is 1.52 bits per heavy atom. The molecule has 2 rings (SSSR count). The van der Waals surface area contributed by atoms with Crippen molar-refractivity contribution < 1.29 is 9.53 Å². The molecule has 1 aromatic heterocycles. The van der Waals surface area contributed by atoms with Crippen molar-refractivity contribution in [2.45, 2.75) is 39.3 Å². The summed E-state index contributed by atoms with van der Waals surface area (Å²) in [6.45, 7) is 8.96. The number of likely N-dealkylation sites (tertiary alicyclic amines) is 1. The van der Waals surface area contributed by atoms with Gasteiger partial charge in [0, 0.05) is 39.4 Å². The summed E-state index contributed by atoms with van der Waals surface area (Å²) < 4.78 is 7.27. The first kappa shape index (κ1) is 15.8. The summed E-state index contributed by atoms with van der Waals surface area (Å²) in [6.07, 6.45) is 2.63. The van der Waals surface area contributed by atoms with E-state index in [-0.39, 0.29) is 6.09 Å². The van der Waals surface area contributed by atoms with Crippen LogP contribution in [0.2, 0.25) is 0 Å². The van der Waals surface area contributed by atoms with E-state index in [9.17, 15) is 4.79 Å². The van der Waals surface area contributed by atoms with Crippen LogP contribution in [0.3, 0.4) is 0 Å². The topological polar surface area (TPSA) is 59.4 Å². The summed E-state index contributed by atoms with van der Waals surface area (Å²) in [5, 5.41) is 7.58. The maximum atomic E-state index is 12.0. The number of hydrogen-bond acceptors (Lipinski definition) is 4. The predicted octanol–water partition coefficient (Wildman–Crippen LogP) is 1.77. The maximum Gasteiger partial charge on any atom is 0.410 e. The van der Waals surface area contributed by atoms with E-state index in [1.54, 1.807) is 6.20 Å². The van der Waals surface area contributed by atoms with Crippen molar-refractivity contribution in [1.29, 1.82) is 0 Å². The van der Waals surface area contributed by atoms with E-state index in [0.29, 0.717) is 5.92 Å². The number of aromatic nitrogens is 2. The zero-order valence-corrected chi connectivity index (χ0v) is 13.4. The highest BCUT2D eigenvalue weighted by Crippen LogP contribution is 2.19. The minimum atomic E-state index is -0.424. The molecule has 2 heterocycles. The van der Waals surface area contributed by atoms with Gasteiger partial charge in [-0.3, -0.25) is 4.68 Å². The Morgan fingerprint density at radius 3 is 2.90 bits per heavy atom. The van der Waals surface area contributed by atoms with Crippen LogP contribution in [0.5, 0.6) is 0 Å². The summed E-state index contributed by atoms with van der Waals surface area (Å²) in [5.74, 6) is 0.491. The molecule has 1 aliphatic heterocycles. The van der Waals surface area contributed by atoms with Crippen LogP contribution >= 0.6 is 0 Å². The van der Waals surface area contributed by atoms with Gasteiger partial charge >= 0.3 is 6.09 Å². The molecule has 1 aromatic rings. The summed E-state index contributed by atoms with van der Waals surface area (Å²) >= 11 is 0. The Balaban J connectivity index is 1.70. The zero-order valence-electron chi connectivity index (χ0n) is 13.4. The fourth-order valence-electron chi connectivity index (χ4n) is 2.47. The quantitative estimate of drug-likeness (QED) is 0.919. The number of carbonyl (C=O) groups excluding carboxylic acids is 1. The lowest BCUT2D eigenvalue weighted by Crippen LogP contribution is -2.36. The fourth-order valence-corrected chi connectivity index (χ4v) is 2.47. The van der Waals surface area contributed by atoms with Gasteiger partial charge in [-0.15, -0.1) is 0 Å². The monoisotopic (exact) mass is 294 g/mol. The molecule has 0 aliphatic carbocycles. The lowest BCUT2D eigenvalue weighted by atomic mass is 10.1. The second-order valence-corrected chi connectivity index (χ2v) is 6.66. The summed E-state index contributed by atoms with van der Waals surface area (Å²) in [7, 11) is 1.94. The zero-order chi connectivity index (χ0) is 15.5. The third-order valence-electron chi connectivity index (χ3n) is 3.60. The first-order chi connectivity index (χ1) is 9.85. The maximum absolute atomic E-state index is 12.0. The van der Waals surface area contributed by atoms with Gasteiger partial charge in [-0.2, -0.15) is 5.10 Å². The van der Waals surface area contributed by atoms with Gasteiger partial charge in [-0.1, -0.05) is 0 Å². The largest absolute Gasteiger partial charge is 0.444 e. The highest BCUT2D eigenvalue weighted by molar-refractivity contribution is 5.68. The van der Waals surface area contributed by atoms with Crippen LogP contribution in [0.4, 0.5) is 4.79 Å². The van der Waals surface area contributed by atoms with Gasteiger partial charge in [0.2, 0.25) is 0 Å². The molecule has 0 saturated carbocycles. The molecule has 1 aliphatic rings. The molecule has 6 nitrogen and oxygen atoms in total. The van der Waals surface area contributed by atoms with Gasteiger partial charge in [0.15, 0.2) is 0 Å². The molecule has 1 amide bonds. The number of hydrogen-bond donors (Lipinski definition) is 1. The third kappa shape index (κ3) is 4.74. The van der Waals surface area contributed by atoms with Crippen LogP contribution in [0, 0.1) is 5.92 Å². The molecular formula is C15H26N4O2. The molecule has 1 atom stereocenters. The minimum absolute atomic E-state index is 0.198. The standard InChI is InChI=1S/C15H26N4O2/c1-15(2,3)21-14(20)19-8-6-12(11-19)9-16-10-13-5-7-17-18(13)4/h5,7,12,16H,6,8-11H2,1-4H3. The van der Waals surface area contributed by atoms with E-state index in [1.165, 1.54) is 0 Å². The first-order valence-electron chi connectivity index (χ1n) is 7.50. The van der Waals surface area contributed by atoms with E-state index in [2.05, 4.69) is 10.4 Å². The van der Waals surface area contributed by atoms with E-state index in [0.717, 1.165) is 38.3 Å². The van der Waals surface area contributed by atoms with Crippen molar-refractivity contribution in [3.63, 3.8) is 0 Å². The Morgan fingerprint density at radius 2 is 2.29 bits per heavy atom. The van der Waals surface area contributed by atoms with E-state index in [4.69, 9.17) is 4.74 Å². The smallest absolute Gasteiger partial charge is 0.410 e. The molecule has 6 heteroatoms. The SMILES string of the molecule is Cn1nccc1CNCC1CCN(C(=O)OC(C)(C)C)C1. The first-order valence-corrected chi connectivity index (χ1v) is 7.50. The van der Waals surface area contributed by atoms with Gasteiger partial charge in [0.1, 0.15) is 5.60 Å². The Hall–Kier alpha value is -1.56. The molecule has 0 spiro atoms. The number of nitrogens with zero attached hydrogens (tertiary/aromatic N) is 3. The summed E-state index contributed by atoms with van der Waals surface area (Å²) in [4.78, 5) is 13.8.